The summed E-state index contributed by atoms with van der Waals surface area (Å²) in [5.41, 5.74) is 1.55. The first-order valence-corrected chi connectivity index (χ1v) is 13.8. The third kappa shape index (κ3) is 4.81. The fourth-order valence-electron chi connectivity index (χ4n) is 6.47. The Kier molecular flexibility index (Phi) is 6.83. The quantitative estimate of drug-likeness (QED) is 0.526. The van der Waals surface area contributed by atoms with Gasteiger partial charge in [0, 0.05) is 49.1 Å². The zero-order valence-electron chi connectivity index (χ0n) is 24.9. The van der Waals surface area contributed by atoms with E-state index in [-0.39, 0.29) is 57.4 Å². The van der Waals surface area contributed by atoms with Crippen molar-refractivity contribution in [2.45, 2.75) is 72.8 Å². The maximum atomic E-state index is 14.2. The molecular formula is C32H37N3O6. The molecule has 5 rings (SSSR count). The Balaban J connectivity index is 1.85. The summed E-state index contributed by atoms with van der Waals surface area (Å²) in [5.74, 6) is -1.41. The Hall–Kier alpha value is -4.01. The molecule has 1 aliphatic carbocycles. The van der Waals surface area contributed by atoms with Crippen LogP contribution in [0.2, 0.25) is 0 Å². The zero-order chi connectivity index (χ0) is 30.0. The van der Waals surface area contributed by atoms with E-state index in [0.29, 0.717) is 46.9 Å². The number of amides is 1. The normalized spacial score (nSPS) is 22.3. The highest BCUT2D eigenvalue weighted by Gasteiger charge is 2.51. The number of rotatable bonds is 4. The number of aryl methyl sites for hydroxylation is 1. The molecule has 41 heavy (non-hydrogen) atoms. The Morgan fingerprint density at radius 1 is 1.07 bits per heavy atom. The van der Waals surface area contributed by atoms with Gasteiger partial charge >= 0.3 is 5.97 Å². The summed E-state index contributed by atoms with van der Waals surface area (Å²) >= 11 is 0. The number of aromatic nitrogens is 2. The molecule has 1 N–H and O–H groups in total. The van der Waals surface area contributed by atoms with Crippen LogP contribution in [0.1, 0.15) is 81.4 Å². The summed E-state index contributed by atoms with van der Waals surface area (Å²) < 4.78 is 12.2. The first-order chi connectivity index (χ1) is 19.1. The van der Waals surface area contributed by atoms with Crippen LogP contribution in [-0.4, -0.2) is 58.1 Å². The standard InChI is InChI=1S/C32H37N3O6/c1-16-9-11-18(34-33-16)17-10-12-20(40-8)26(24(17)30(38)39)28-25-19(36)14-32(5,6)15-22(25)41-21-13-23(31(2,3)4)35(7)29(37)27(21)28/h9-12,23,28H,13-15H2,1-8H3,(H,38,39)/t23-,28+/m0/s1. The molecule has 216 valence electrons. The van der Waals surface area contributed by atoms with E-state index in [1.165, 1.54) is 7.11 Å². The molecule has 0 saturated carbocycles. The molecule has 9 heteroatoms. The molecule has 0 saturated heterocycles. The third-order valence-electron chi connectivity index (χ3n) is 8.40. The number of ether oxygens (including phenoxy) is 2. The van der Waals surface area contributed by atoms with E-state index in [9.17, 15) is 19.5 Å². The first-order valence-electron chi connectivity index (χ1n) is 13.8. The Morgan fingerprint density at radius 2 is 1.78 bits per heavy atom. The summed E-state index contributed by atoms with van der Waals surface area (Å²) in [6.07, 6.45) is 1.17. The summed E-state index contributed by atoms with van der Waals surface area (Å²) in [7, 11) is 3.21. The van der Waals surface area contributed by atoms with Gasteiger partial charge in [-0.05, 0) is 42.0 Å². The smallest absolute Gasteiger partial charge is 0.336 e. The van der Waals surface area contributed by atoms with Gasteiger partial charge in [0.25, 0.3) is 5.91 Å². The van der Waals surface area contributed by atoms with E-state index in [1.54, 1.807) is 43.1 Å². The predicted octanol–water partition coefficient (Wildman–Crippen LogP) is 5.45. The van der Waals surface area contributed by atoms with E-state index in [4.69, 9.17) is 9.47 Å². The molecule has 1 aromatic heterocycles. The fraction of sp³-hybridized carbons (Fsp3) is 0.469. The lowest BCUT2D eigenvalue weighted by atomic mass is 9.67. The number of nitrogens with zero attached hydrogens (tertiary/aromatic N) is 3. The molecule has 0 unspecified atom stereocenters. The molecule has 2 aromatic rings. The Bertz CT molecular complexity index is 1530. The van der Waals surface area contributed by atoms with Crippen molar-refractivity contribution in [1.29, 1.82) is 0 Å². The van der Waals surface area contributed by atoms with Crippen molar-refractivity contribution >= 4 is 17.7 Å². The van der Waals surface area contributed by atoms with Crippen molar-refractivity contribution in [1.82, 2.24) is 15.1 Å². The van der Waals surface area contributed by atoms with Gasteiger partial charge < -0.3 is 19.5 Å². The lowest BCUT2D eigenvalue weighted by Crippen LogP contribution is -2.51. The maximum absolute atomic E-state index is 14.2. The SMILES string of the molecule is COc1ccc(-c2ccc(C)nn2)c(C(=O)O)c1[C@H]1C2=C(CC(C)(C)CC2=O)OC2=C1C(=O)N(C)[C@H](C(C)(C)C)C2. The molecule has 3 aliphatic rings. The lowest BCUT2D eigenvalue weighted by molar-refractivity contribution is -0.132. The number of methoxy groups -OCH3 is 1. The number of Topliss-reactive ketones (excluding diaryl/α,β-unsaturated/α-hetero) is 1. The van der Waals surface area contributed by atoms with Crippen molar-refractivity contribution in [2.24, 2.45) is 10.8 Å². The highest BCUT2D eigenvalue weighted by Crippen LogP contribution is 2.54. The number of carboxylic acids is 1. The van der Waals surface area contributed by atoms with Gasteiger partial charge in [0.05, 0.1) is 35.6 Å². The number of hydrogen-bond donors (Lipinski definition) is 1. The number of carboxylic acid groups (broad SMARTS) is 1. The van der Waals surface area contributed by atoms with Crippen LogP contribution < -0.4 is 4.74 Å². The maximum Gasteiger partial charge on any atom is 0.336 e. The molecule has 3 heterocycles. The van der Waals surface area contributed by atoms with Gasteiger partial charge in [0.15, 0.2) is 5.78 Å². The van der Waals surface area contributed by atoms with Crippen molar-refractivity contribution in [3.63, 3.8) is 0 Å². The second kappa shape index (κ2) is 9.82. The largest absolute Gasteiger partial charge is 0.496 e. The van der Waals surface area contributed by atoms with Crippen LogP contribution in [0.15, 0.2) is 46.9 Å². The van der Waals surface area contributed by atoms with Crippen LogP contribution in [0.25, 0.3) is 11.3 Å². The second-order valence-electron chi connectivity index (χ2n) is 13.1. The van der Waals surface area contributed by atoms with Gasteiger partial charge in [-0.15, -0.1) is 0 Å². The van der Waals surface area contributed by atoms with Gasteiger partial charge in [-0.3, -0.25) is 9.59 Å². The molecule has 2 atom stereocenters. The number of benzene rings is 1. The Morgan fingerprint density at radius 3 is 2.37 bits per heavy atom. The number of allylic oxidation sites excluding steroid dienone is 2. The van der Waals surface area contributed by atoms with Gasteiger partial charge in [-0.25, -0.2) is 4.79 Å². The van der Waals surface area contributed by atoms with Crippen LogP contribution in [-0.2, 0) is 14.3 Å². The number of aromatic carboxylic acids is 1. The van der Waals surface area contributed by atoms with Crippen LogP contribution in [0.5, 0.6) is 5.75 Å². The Labute approximate surface area is 240 Å². The topological polar surface area (TPSA) is 119 Å². The second-order valence-corrected chi connectivity index (χ2v) is 13.1. The average Bonchev–Trinajstić information content (AvgIpc) is 2.87. The van der Waals surface area contributed by atoms with E-state index in [2.05, 4.69) is 31.0 Å². The minimum Gasteiger partial charge on any atom is -0.496 e. The van der Waals surface area contributed by atoms with E-state index < -0.39 is 11.9 Å². The number of hydrogen-bond acceptors (Lipinski definition) is 7. The molecule has 0 bridgehead atoms. The summed E-state index contributed by atoms with van der Waals surface area (Å²) in [5, 5.41) is 19.0. The van der Waals surface area contributed by atoms with Crippen LogP contribution in [0.4, 0.5) is 0 Å². The van der Waals surface area contributed by atoms with Crippen LogP contribution in [0, 0.1) is 17.8 Å². The molecule has 0 spiro atoms. The molecular weight excluding hydrogens is 522 g/mol. The molecule has 1 amide bonds. The third-order valence-corrected chi connectivity index (χ3v) is 8.40. The monoisotopic (exact) mass is 559 g/mol. The van der Waals surface area contributed by atoms with E-state index in [0.717, 1.165) is 0 Å². The molecule has 0 fully saturated rings. The van der Waals surface area contributed by atoms with Crippen molar-refractivity contribution < 1.29 is 29.0 Å². The number of carbonyl (C=O) groups is 3. The zero-order valence-corrected chi connectivity index (χ0v) is 24.9. The molecule has 2 aliphatic heterocycles. The summed E-state index contributed by atoms with van der Waals surface area (Å²) in [6.45, 7) is 12.0. The van der Waals surface area contributed by atoms with Gasteiger partial charge in [0.2, 0.25) is 0 Å². The van der Waals surface area contributed by atoms with Crippen molar-refractivity contribution in [3.8, 4) is 17.0 Å². The molecule has 0 radical (unpaired) electrons. The van der Waals surface area contributed by atoms with E-state index in [1.807, 2.05) is 13.8 Å². The van der Waals surface area contributed by atoms with Crippen LogP contribution in [0.3, 0.4) is 0 Å². The molecule has 1 aromatic carbocycles. The minimum atomic E-state index is -1.22. The summed E-state index contributed by atoms with van der Waals surface area (Å²) in [6, 6.07) is 6.61. The number of likely N-dealkylation sites (N-methyl/N-ethyl adjacent to an activating group) is 1. The van der Waals surface area contributed by atoms with Crippen molar-refractivity contribution in [3.05, 3.63) is 63.8 Å². The predicted molar refractivity (Wildman–Crippen MR) is 152 cm³/mol. The van der Waals surface area contributed by atoms with Gasteiger partial charge in [-0.1, -0.05) is 34.6 Å². The van der Waals surface area contributed by atoms with Crippen molar-refractivity contribution in [2.75, 3.05) is 14.2 Å². The minimum absolute atomic E-state index is 0.0841. The highest BCUT2D eigenvalue weighted by molar-refractivity contribution is 6.08. The fourth-order valence-corrected chi connectivity index (χ4v) is 6.47. The van der Waals surface area contributed by atoms with Gasteiger partial charge in [-0.2, -0.15) is 10.2 Å². The first kappa shape index (κ1) is 28.5. The van der Waals surface area contributed by atoms with E-state index >= 15 is 0 Å². The van der Waals surface area contributed by atoms with Crippen LogP contribution >= 0.6 is 0 Å². The highest BCUT2D eigenvalue weighted by atomic mass is 16.5. The number of ketones is 1. The summed E-state index contributed by atoms with van der Waals surface area (Å²) in [4.78, 5) is 42.9. The lowest BCUT2D eigenvalue weighted by Gasteiger charge is -2.47. The average molecular weight is 560 g/mol. The number of carbonyl (C=O) groups excluding carboxylic acids is 2. The van der Waals surface area contributed by atoms with Gasteiger partial charge in [0.1, 0.15) is 17.3 Å². The molecule has 9 nitrogen and oxygen atoms in total.